The van der Waals surface area contributed by atoms with E-state index in [9.17, 15) is 4.79 Å². The van der Waals surface area contributed by atoms with Gasteiger partial charge in [0.25, 0.3) is 5.91 Å². The Labute approximate surface area is 174 Å². The molecule has 4 rings (SSSR count). The maximum atomic E-state index is 13.2. The second-order valence-corrected chi connectivity index (χ2v) is 7.08. The van der Waals surface area contributed by atoms with Crippen molar-refractivity contribution in [1.82, 2.24) is 24.6 Å². The van der Waals surface area contributed by atoms with Gasteiger partial charge in [-0.1, -0.05) is 6.07 Å². The molecule has 0 spiro atoms. The van der Waals surface area contributed by atoms with Gasteiger partial charge in [0.05, 0.1) is 37.7 Å². The van der Waals surface area contributed by atoms with Gasteiger partial charge in [-0.05, 0) is 26.0 Å². The van der Waals surface area contributed by atoms with Crippen LogP contribution >= 0.6 is 0 Å². The number of methoxy groups -OCH3 is 1. The minimum absolute atomic E-state index is 0.119. The van der Waals surface area contributed by atoms with E-state index in [-0.39, 0.29) is 23.5 Å². The summed E-state index contributed by atoms with van der Waals surface area (Å²) in [4.78, 5) is 23.1. The number of ether oxygens (including phenoxy) is 2. The number of nitrogen functional groups attached to an aromatic ring is 1. The Bertz CT molecular complexity index is 1080. The number of anilines is 1. The first-order valence-electron chi connectivity index (χ1n) is 9.67. The fourth-order valence-electron chi connectivity index (χ4n) is 3.87. The molecule has 0 saturated carbocycles. The number of nitrogens with zero attached hydrogens (tertiary/aromatic N) is 5. The van der Waals surface area contributed by atoms with Gasteiger partial charge in [0.2, 0.25) is 0 Å². The Morgan fingerprint density at radius 2 is 2.07 bits per heavy atom. The van der Waals surface area contributed by atoms with Gasteiger partial charge in [-0.15, -0.1) is 0 Å². The van der Waals surface area contributed by atoms with Gasteiger partial charge < -0.3 is 20.1 Å². The van der Waals surface area contributed by atoms with Gasteiger partial charge in [-0.25, -0.2) is 14.6 Å². The van der Waals surface area contributed by atoms with E-state index < -0.39 is 0 Å². The van der Waals surface area contributed by atoms with Gasteiger partial charge in [-0.3, -0.25) is 4.79 Å². The lowest BCUT2D eigenvalue weighted by atomic mass is 10.0. The van der Waals surface area contributed by atoms with Crippen molar-refractivity contribution >= 4 is 11.7 Å². The van der Waals surface area contributed by atoms with Crippen LogP contribution in [0.1, 0.15) is 33.5 Å². The summed E-state index contributed by atoms with van der Waals surface area (Å²) in [6.07, 6.45) is 2.94. The van der Waals surface area contributed by atoms with E-state index in [0.29, 0.717) is 19.8 Å². The second-order valence-electron chi connectivity index (χ2n) is 7.08. The number of morpholine rings is 1. The van der Waals surface area contributed by atoms with E-state index in [1.807, 2.05) is 42.8 Å². The lowest BCUT2D eigenvalue weighted by Crippen LogP contribution is -2.44. The monoisotopic (exact) mass is 408 g/mol. The molecule has 0 aliphatic carbocycles. The number of rotatable bonds is 4. The first kappa shape index (κ1) is 19.8. The molecule has 0 radical (unpaired) electrons. The zero-order valence-electron chi connectivity index (χ0n) is 17.2. The highest BCUT2D eigenvalue weighted by atomic mass is 16.5. The van der Waals surface area contributed by atoms with Gasteiger partial charge in [0, 0.05) is 36.3 Å². The van der Waals surface area contributed by atoms with Crippen molar-refractivity contribution in [2.75, 3.05) is 32.6 Å². The fourth-order valence-corrected chi connectivity index (χ4v) is 3.87. The molecule has 1 fully saturated rings. The Balaban J connectivity index is 1.74. The average Bonchev–Trinajstić information content (AvgIpc) is 3.07. The van der Waals surface area contributed by atoms with Crippen LogP contribution < -0.4 is 10.5 Å². The minimum atomic E-state index is -0.299. The van der Waals surface area contributed by atoms with Crippen LogP contribution in [0.3, 0.4) is 0 Å². The van der Waals surface area contributed by atoms with Crippen LogP contribution in [0.15, 0.2) is 36.7 Å². The van der Waals surface area contributed by atoms with Crippen molar-refractivity contribution in [2.45, 2.75) is 19.9 Å². The Morgan fingerprint density at radius 1 is 1.27 bits per heavy atom. The number of aromatic nitrogens is 4. The molecule has 1 aliphatic rings. The third-order valence-corrected chi connectivity index (χ3v) is 5.30. The average molecular weight is 408 g/mol. The number of hydrogen-bond donors (Lipinski definition) is 1. The topological polar surface area (TPSA) is 108 Å². The molecule has 0 bridgehead atoms. The molecule has 9 heteroatoms. The molecule has 30 heavy (non-hydrogen) atoms. The predicted octanol–water partition coefficient (Wildman–Crippen LogP) is 2.08. The molecular formula is C21H24N6O3. The van der Waals surface area contributed by atoms with E-state index in [1.54, 1.807) is 12.0 Å². The molecule has 2 N–H and O–H groups in total. The predicted molar refractivity (Wildman–Crippen MR) is 111 cm³/mol. The molecule has 1 atom stereocenters. The summed E-state index contributed by atoms with van der Waals surface area (Å²) in [5, 5.41) is 4.73. The maximum Gasteiger partial charge on any atom is 0.276 e. The molecule has 2 aromatic heterocycles. The molecule has 3 aromatic rings. The van der Waals surface area contributed by atoms with E-state index >= 15 is 0 Å². The Morgan fingerprint density at radius 3 is 2.83 bits per heavy atom. The van der Waals surface area contributed by atoms with Crippen molar-refractivity contribution in [3.8, 4) is 11.4 Å². The van der Waals surface area contributed by atoms with Crippen LogP contribution in [0.5, 0.6) is 5.75 Å². The quantitative estimate of drug-likeness (QED) is 0.704. The molecule has 1 unspecified atom stereocenters. The third kappa shape index (κ3) is 3.48. The van der Waals surface area contributed by atoms with Crippen LogP contribution in [-0.4, -0.2) is 57.4 Å². The number of nitrogens with two attached hydrogens (primary N) is 1. The summed E-state index contributed by atoms with van der Waals surface area (Å²) in [6, 6.07) is 7.39. The standard InChI is InChI=1S/C21H24N6O3/c1-13-18(14(2)27(25-13)15-5-4-6-16(11-15)29-3)17-12-30-10-9-26(17)21(28)19-20(22)24-8-7-23-19/h4-8,11,17H,9-10,12H2,1-3H3,(H2,22,24). The highest BCUT2D eigenvalue weighted by Crippen LogP contribution is 2.32. The first-order chi connectivity index (χ1) is 14.5. The highest BCUT2D eigenvalue weighted by molar-refractivity contribution is 5.96. The van der Waals surface area contributed by atoms with Crippen LogP contribution in [0, 0.1) is 13.8 Å². The minimum Gasteiger partial charge on any atom is -0.497 e. The zero-order chi connectivity index (χ0) is 21.3. The van der Waals surface area contributed by atoms with Crippen molar-refractivity contribution < 1.29 is 14.3 Å². The molecule has 1 aromatic carbocycles. The smallest absolute Gasteiger partial charge is 0.276 e. The number of carbonyl (C=O) groups excluding carboxylic acids is 1. The number of hydrogen-bond acceptors (Lipinski definition) is 7. The first-order valence-corrected chi connectivity index (χ1v) is 9.67. The molecule has 3 heterocycles. The van der Waals surface area contributed by atoms with Gasteiger partial charge in [0.1, 0.15) is 5.75 Å². The summed E-state index contributed by atoms with van der Waals surface area (Å²) >= 11 is 0. The molecule has 156 valence electrons. The third-order valence-electron chi connectivity index (χ3n) is 5.30. The number of aryl methyl sites for hydroxylation is 1. The lowest BCUT2D eigenvalue weighted by molar-refractivity contribution is -0.00330. The summed E-state index contributed by atoms with van der Waals surface area (Å²) in [7, 11) is 1.63. The lowest BCUT2D eigenvalue weighted by Gasteiger charge is -2.36. The molecule has 9 nitrogen and oxygen atoms in total. The summed E-state index contributed by atoms with van der Waals surface area (Å²) in [5.41, 5.74) is 9.65. The van der Waals surface area contributed by atoms with Gasteiger partial charge >= 0.3 is 0 Å². The Kier molecular flexibility index (Phi) is 5.37. The van der Waals surface area contributed by atoms with Gasteiger partial charge in [-0.2, -0.15) is 5.10 Å². The SMILES string of the molecule is COc1cccc(-n2nc(C)c(C3COCCN3C(=O)c3nccnc3N)c2C)c1. The largest absolute Gasteiger partial charge is 0.497 e. The van der Waals surface area contributed by atoms with Crippen LogP contribution in [0.4, 0.5) is 5.82 Å². The summed E-state index contributed by atoms with van der Waals surface area (Å²) in [5.74, 6) is 0.604. The molecule has 1 amide bonds. The molecule has 1 aliphatic heterocycles. The van der Waals surface area contributed by atoms with Crippen molar-refractivity contribution in [2.24, 2.45) is 0 Å². The molecular weight excluding hydrogens is 384 g/mol. The van der Waals surface area contributed by atoms with Crippen molar-refractivity contribution in [1.29, 1.82) is 0 Å². The van der Waals surface area contributed by atoms with E-state index in [2.05, 4.69) is 9.97 Å². The maximum absolute atomic E-state index is 13.2. The zero-order valence-corrected chi connectivity index (χ0v) is 17.2. The van der Waals surface area contributed by atoms with Crippen LogP contribution in [0.25, 0.3) is 5.69 Å². The summed E-state index contributed by atoms with van der Waals surface area (Å²) in [6.45, 7) is 5.18. The van der Waals surface area contributed by atoms with Crippen molar-refractivity contribution in [3.05, 3.63) is 59.3 Å². The second kappa shape index (κ2) is 8.11. The van der Waals surface area contributed by atoms with Crippen molar-refractivity contribution in [3.63, 3.8) is 0 Å². The highest BCUT2D eigenvalue weighted by Gasteiger charge is 2.34. The fraction of sp³-hybridized carbons (Fsp3) is 0.333. The summed E-state index contributed by atoms with van der Waals surface area (Å²) < 4.78 is 12.9. The van der Waals surface area contributed by atoms with Gasteiger partial charge in [0.15, 0.2) is 11.5 Å². The number of carbonyl (C=O) groups is 1. The normalized spacial score (nSPS) is 16.5. The van der Waals surface area contributed by atoms with E-state index in [0.717, 1.165) is 28.4 Å². The Hall–Kier alpha value is -3.46. The van der Waals surface area contributed by atoms with E-state index in [4.69, 9.17) is 20.3 Å². The number of amides is 1. The van der Waals surface area contributed by atoms with Crippen LogP contribution in [0.2, 0.25) is 0 Å². The number of benzene rings is 1. The van der Waals surface area contributed by atoms with Crippen LogP contribution in [-0.2, 0) is 4.74 Å². The molecule has 1 saturated heterocycles. The van der Waals surface area contributed by atoms with E-state index in [1.165, 1.54) is 12.4 Å².